The first-order valence-corrected chi connectivity index (χ1v) is 22.7. The van der Waals surface area contributed by atoms with Gasteiger partial charge in [0.2, 0.25) is 0 Å². The molecule has 0 heterocycles. The van der Waals surface area contributed by atoms with E-state index in [9.17, 15) is 0 Å². The van der Waals surface area contributed by atoms with Crippen LogP contribution in [0.15, 0.2) is 146 Å². The molecule has 0 saturated heterocycles. The van der Waals surface area contributed by atoms with Crippen LogP contribution in [0.4, 0.5) is 0 Å². The van der Waals surface area contributed by atoms with Crippen molar-refractivity contribution in [2.75, 3.05) is 0 Å². The van der Waals surface area contributed by atoms with Crippen LogP contribution in [0.25, 0.3) is 65.3 Å². The van der Waals surface area contributed by atoms with E-state index in [0.717, 1.165) is 12.8 Å². The minimum absolute atomic E-state index is 0. The summed E-state index contributed by atoms with van der Waals surface area (Å²) in [6, 6.07) is 52.9. The molecule has 0 aliphatic heterocycles. The first-order valence-electron chi connectivity index (χ1n) is 15.3. The maximum atomic E-state index is 2.34. The van der Waals surface area contributed by atoms with Crippen molar-refractivity contribution >= 4 is 80.0 Å². The molecular weight excluding hydrogens is 763 g/mol. The number of rotatable bonds is 4. The molecule has 0 nitrogen and oxygen atoms in total. The van der Waals surface area contributed by atoms with Crippen LogP contribution in [0.2, 0.25) is 0 Å². The van der Waals surface area contributed by atoms with E-state index in [1.807, 2.05) is 0 Å². The molecule has 8 aromatic carbocycles. The van der Waals surface area contributed by atoms with Gasteiger partial charge in [-0.05, 0) is 45.5 Å². The van der Waals surface area contributed by atoms with E-state index in [4.69, 9.17) is 0 Å². The van der Waals surface area contributed by atoms with Crippen molar-refractivity contribution in [1.82, 2.24) is 0 Å². The van der Waals surface area contributed by atoms with Gasteiger partial charge in [0.1, 0.15) is 0 Å². The Morgan fingerprint density at radius 3 is 1.12 bits per heavy atom. The zero-order chi connectivity index (χ0) is 30.5. The molecule has 0 fully saturated rings. The van der Waals surface area contributed by atoms with Crippen molar-refractivity contribution in [3.8, 4) is 22.3 Å². The summed E-state index contributed by atoms with van der Waals surface area (Å²) in [6.45, 7) is 4.43. The second-order valence-corrected chi connectivity index (χ2v) is 11.1. The van der Waals surface area contributed by atoms with Crippen LogP contribution in [0.1, 0.15) is 25.0 Å². The van der Waals surface area contributed by atoms with Gasteiger partial charge in [-0.15, -0.1) is 93.9 Å². The molecule has 0 unspecified atom stereocenters. The molecule has 0 bridgehead atoms. The van der Waals surface area contributed by atoms with Gasteiger partial charge in [-0.2, -0.15) is 12.1 Å². The Morgan fingerprint density at radius 1 is 0.438 bits per heavy atom. The fourth-order valence-corrected chi connectivity index (χ4v) is 6.39. The Morgan fingerprint density at radius 2 is 0.750 bits per heavy atom. The second kappa shape index (κ2) is 19.3. The van der Waals surface area contributed by atoms with Gasteiger partial charge in [-0.1, -0.05) is 122 Å². The first-order chi connectivity index (χ1) is 21.7. The van der Waals surface area contributed by atoms with Crippen molar-refractivity contribution in [2.45, 2.75) is 26.7 Å². The summed E-state index contributed by atoms with van der Waals surface area (Å²) in [7, 11) is 0. The predicted octanol–water partition coefficient (Wildman–Crippen LogP) is 13.2. The van der Waals surface area contributed by atoms with Crippen molar-refractivity contribution in [2.24, 2.45) is 0 Å². The molecule has 0 saturated carbocycles. The number of hydrogen-bond acceptors (Lipinski definition) is 0. The molecular formula is C44H42Cl2GeZr-4. The monoisotopic (exact) mass is 804 g/mol. The van der Waals surface area contributed by atoms with Gasteiger partial charge in [-0.25, -0.2) is 0 Å². The van der Waals surface area contributed by atoms with E-state index in [-0.39, 0.29) is 39.7 Å². The average molecular weight is 806 g/mol. The Hall–Kier alpha value is -2.93. The third-order valence-electron chi connectivity index (χ3n) is 8.60. The molecule has 0 atom stereocenters. The van der Waals surface area contributed by atoms with Gasteiger partial charge in [0.15, 0.2) is 0 Å². The van der Waals surface area contributed by atoms with Crippen LogP contribution in [0, 0.1) is 14.9 Å². The van der Waals surface area contributed by atoms with E-state index in [0.29, 0.717) is 0 Å². The molecule has 0 aliphatic carbocycles. The van der Waals surface area contributed by atoms with Crippen molar-refractivity contribution < 1.29 is 21.6 Å². The second-order valence-electron chi connectivity index (χ2n) is 11.1. The third kappa shape index (κ3) is 8.43. The fourth-order valence-electron chi connectivity index (χ4n) is 6.39. The van der Waals surface area contributed by atoms with Crippen molar-refractivity contribution in [3.63, 3.8) is 0 Å². The van der Waals surface area contributed by atoms with Gasteiger partial charge in [0, 0.05) is 0 Å². The topological polar surface area (TPSA) is 0 Å². The quantitative estimate of drug-likeness (QED) is 0.123. The van der Waals surface area contributed by atoms with E-state index < -0.39 is 0 Å². The third-order valence-corrected chi connectivity index (χ3v) is 8.60. The van der Waals surface area contributed by atoms with E-state index in [1.54, 1.807) is 21.6 Å². The summed E-state index contributed by atoms with van der Waals surface area (Å²) in [5.74, 6) is 0. The minimum atomic E-state index is 0. The van der Waals surface area contributed by atoms with Gasteiger partial charge >= 0.3 is 33.7 Å². The van der Waals surface area contributed by atoms with Gasteiger partial charge in [-0.3, -0.25) is 0 Å². The summed E-state index contributed by atoms with van der Waals surface area (Å²) >= 11 is 3.64. The van der Waals surface area contributed by atoms with Crippen LogP contribution < -0.4 is 0 Å². The standard InChI is InChI=1S/2C21H17.2CH3.2ClH.Ge.Zr/c2*1-2-15-13-17-9-6-12-20(21(17)14-15)19-11-5-8-16-7-3-4-10-18(16)19;;;;;;/h2*3-14H,2H2,1H3;2*1H3;2*1H;;/q4*-1;;;;. The predicted molar refractivity (Wildman–Crippen MR) is 217 cm³/mol. The van der Waals surface area contributed by atoms with Crippen LogP contribution >= 0.6 is 24.8 Å². The molecule has 0 aromatic heterocycles. The molecule has 0 amide bonds. The molecule has 2 radical (unpaired) electrons. The Bertz CT molecular complexity index is 2040. The molecule has 0 spiro atoms. The summed E-state index contributed by atoms with van der Waals surface area (Å²) in [5, 5.41) is 10.7. The van der Waals surface area contributed by atoms with E-state index >= 15 is 0 Å². The molecule has 8 aromatic rings. The van der Waals surface area contributed by atoms with Crippen LogP contribution in [-0.4, -0.2) is 12.1 Å². The Labute approximate surface area is 319 Å². The normalized spacial score (nSPS) is 9.94. The number of halogens is 2. The first kappa shape index (κ1) is 41.2. The Balaban J connectivity index is 0.000000294. The molecule has 244 valence electrons. The van der Waals surface area contributed by atoms with Crippen LogP contribution in [0.5, 0.6) is 0 Å². The molecule has 4 heteroatoms. The van der Waals surface area contributed by atoms with Gasteiger partial charge < -0.3 is 14.9 Å². The average Bonchev–Trinajstić information content (AvgIpc) is 3.73. The van der Waals surface area contributed by atoms with E-state index in [1.165, 1.54) is 76.5 Å². The summed E-state index contributed by atoms with van der Waals surface area (Å²) in [5.41, 5.74) is 8.15. The van der Waals surface area contributed by atoms with Crippen LogP contribution in [0.3, 0.4) is 0 Å². The zero-order valence-electron chi connectivity index (χ0n) is 28.1. The molecule has 48 heavy (non-hydrogen) atoms. The van der Waals surface area contributed by atoms with E-state index in [2.05, 4.69) is 172 Å². The Kier molecular flexibility index (Phi) is 16.6. The molecule has 0 N–H and O–H groups in total. The maximum absolute atomic E-state index is 2.34. The van der Waals surface area contributed by atoms with Gasteiger partial charge in [0.25, 0.3) is 0 Å². The van der Waals surface area contributed by atoms with Crippen molar-refractivity contribution in [3.05, 3.63) is 172 Å². The number of benzene rings is 6. The van der Waals surface area contributed by atoms with Gasteiger partial charge in [0.05, 0.1) is 0 Å². The van der Waals surface area contributed by atoms with Crippen molar-refractivity contribution in [1.29, 1.82) is 0 Å². The summed E-state index contributed by atoms with van der Waals surface area (Å²) < 4.78 is 0. The molecule has 0 aliphatic rings. The summed E-state index contributed by atoms with van der Waals surface area (Å²) in [4.78, 5) is 0. The number of fused-ring (bicyclic) bond motifs is 4. The SMILES string of the molecule is CCc1cc2c(-c3cccc4ccccc34)cccc2[cH-]1.CCc1cc2c(-c3cccc4ccccc34)cccc2[cH-]1.Cl.Cl.[CH3-].[CH3-].[Ge]=[Zr]. The zero-order valence-corrected chi connectivity index (χ0v) is 34.3. The number of aryl methyl sites for hydroxylation is 2. The summed E-state index contributed by atoms with van der Waals surface area (Å²) in [6.07, 6.45) is 2.17. The molecule has 8 rings (SSSR count). The number of hydrogen-bond donors (Lipinski definition) is 0. The fraction of sp³-hybridized carbons (Fsp3) is 0.0909. The van der Waals surface area contributed by atoms with Crippen LogP contribution in [-0.2, 0) is 34.4 Å².